The van der Waals surface area contributed by atoms with E-state index in [2.05, 4.69) is 35.1 Å². The molecule has 0 aliphatic carbocycles. The van der Waals surface area contributed by atoms with Crippen LogP contribution in [0.4, 0.5) is 4.79 Å². The lowest BCUT2D eigenvalue weighted by atomic mass is 10.2. The highest BCUT2D eigenvalue weighted by Crippen LogP contribution is 2.21. The highest BCUT2D eigenvalue weighted by Gasteiger charge is 2.11. The fraction of sp³-hybridized carbons (Fsp3) is 0.300. The van der Waals surface area contributed by atoms with E-state index in [0.29, 0.717) is 19.0 Å². The predicted molar refractivity (Wildman–Crippen MR) is 100 cm³/mol. The molecule has 0 fully saturated rings. The van der Waals surface area contributed by atoms with Crippen molar-refractivity contribution in [2.75, 3.05) is 0 Å². The van der Waals surface area contributed by atoms with Crippen molar-refractivity contribution in [2.45, 2.75) is 32.9 Å². The van der Waals surface area contributed by atoms with Crippen molar-refractivity contribution in [3.05, 3.63) is 65.5 Å². The van der Waals surface area contributed by atoms with Crippen LogP contribution in [0.1, 0.15) is 36.7 Å². The number of carbonyl (C=O) groups is 1. The first-order chi connectivity index (χ1) is 12.0. The van der Waals surface area contributed by atoms with Crippen LogP contribution in [0.3, 0.4) is 0 Å². The highest BCUT2D eigenvalue weighted by molar-refractivity contribution is 5.77. The molecule has 2 aromatic carbocycles. The number of aromatic nitrogens is 2. The Labute approximate surface area is 148 Å². The molecule has 25 heavy (non-hydrogen) atoms. The molecule has 0 bridgehead atoms. The quantitative estimate of drug-likeness (QED) is 0.746. The van der Waals surface area contributed by atoms with Crippen LogP contribution in [0.15, 0.2) is 48.5 Å². The minimum Gasteiger partial charge on any atom is -0.334 e. The van der Waals surface area contributed by atoms with E-state index in [0.717, 1.165) is 28.0 Å². The van der Waals surface area contributed by atoms with Crippen molar-refractivity contribution in [2.24, 2.45) is 7.05 Å². The zero-order valence-corrected chi connectivity index (χ0v) is 14.9. The molecule has 2 N–H and O–H groups in total. The lowest BCUT2D eigenvalue weighted by molar-refractivity contribution is 0.240. The van der Waals surface area contributed by atoms with Crippen LogP contribution in [0, 0.1) is 0 Å². The zero-order chi connectivity index (χ0) is 17.8. The average molecular weight is 336 g/mol. The van der Waals surface area contributed by atoms with E-state index in [1.807, 2.05) is 49.5 Å². The number of nitrogens with zero attached hydrogens (tertiary/aromatic N) is 2. The lowest BCUT2D eigenvalue weighted by Crippen LogP contribution is -2.34. The molecule has 0 aliphatic rings. The number of fused-ring (bicyclic) bond motifs is 1. The van der Waals surface area contributed by atoms with E-state index in [4.69, 9.17) is 4.98 Å². The van der Waals surface area contributed by atoms with Crippen molar-refractivity contribution in [1.29, 1.82) is 0 Å². The van der Waals surface area contributed by atoms with Gasteiger partial charge in [-0.1, -0.05) is 50.2 Å². The number of imidazole rings is 1. The van der Waals surface area contributed by atoms with Crippen LogP contribution in [-0.4, -0.2) is 15.6 Å². The Morgan fingerprint density at radius 3 is 2.40 bits per heavy atom. The fourth-order valence-corrected chi connectivity index (χ4v) is 2.91. The van der Waals surface area contributed by atoms with Gasteiger partial charge in [-0.15, -0.1) is 0 Å². The Balaban J connectivity index is 1.60. The zero-order valence-electron chi connectivity index (χ0n) is 14.9. The molecule has 130 valence electrons. The summed E-state index contributed by atoms with van der Waals surface area (Å²) < 4.78 is 2.13. The van der Waals surface area contributed by atoms with Gasteiger partial charge in [-0.05, 0) is 23.3 Å². The molecular weight excluding hydrogens is 312 g/mol. The van der Waals surface area contributed by atoms with Crippen molar-refractivity contribution in [3.63, 3.8) is 0 Å². The molecular formula is C20H24N4O. The van der Waals surface area contributed by atoms with Crippen LogP contribution in [0.2, 0.25) is 0 Å². The number of rotatable bonds is 5. The van der Waals surface area contributed by atoms with Crippen LogP contribution < -0.4 is 10.6 Å². The fourth-order valence-electron chi connectivity index (χ4n) is 2.91. The van der Waals surface area contributed by atoms with Crippen LogP contribution >= 0.6 is 0 Å². The van der Waals surface area contributed by atoms with Gasteiger partial charge in [0.05, 0.1) is 11.0 Å². The lowest BCUT2D eigenvalue weighted by Gasteiger charge is -2.08. The number of nitrogens with one attached hydrogen (secondary N) is 2. The number of carbonyl (C=O) groups excluding carboxylic acids is 1. The van der Waals surface area contributed by atoms with Gasteiger partial charge in [0.25, 0.3) is 0 Å². The molecule has 0 atom stereocenters. The third-order valence-corrected chi connectivity index (χ3v) is 4.25. The second-order valence-electron chi connectivity index (χ2n) is 6.53. The molecule has 5 nitrogen and oxygen atoms in total. The normalized spacial score (nSPS) is 11.0. The summed E-state index contributed by atoms with van der Waals surface area (Å²) in [5, 5.41) is 5.76. The number of hydrogen-bond donors (Lipinski definition) is 2. The number of aryl methyl sites for hydroxylation is 1. The Morgan fingerprint density at radius 1 is 1.04 bits per heavy atom. The average Bonchev–Trinajstić information content (AvgIpc) is 2.95. The van der Waals surface area contributed by atoms with Gasteiger partial charge in [-0.25, -0.2) is 9.78 Å². The SMILES string of the molecule is CC(C)c1nc2cc(CNC(=O)NCc3ccccc3)ccc2n1C. The number of hydrogen-bond acceptors (Lipinski definition) is 2. The summed E-state index contributed by atoms with van der Waals surface area (Å²) in [5.74, 6) is 1.45. The summed E-state index contributed by atoms with van der Waals surface area (Å²) in [6, 6.07) is 15.8. The summed E-state index contributed by atoms with van der Waals surface area (Å²) in [5.41, 5.74) is 4.20. The van der Waals surface area contributed by atoms with Crippen LogP contribution in [0.25, 0.3) is 11.0 Å². The summed E-state index contributed by atoms with van der Waals surface area (Å²) in [7, 11) is 2.04. The standard InChI is InChI=1S/C20H24N4O/c1-14(2)19-23-17-11-16(9-10-18(17)24(19)3)13-22-20(25)21-12-15-7-5-4-6-8-15/h4-11,14H,12-13H2,1-3H3,(H2,21,22,25). The molecule has 3 aromatic rings. The van der Waals surface area contributed by atoms with Gasteiger partial charge < -0.3 is 15.2 Å². The maximum Gasteiger partial charge on any atom is 0.315 e. The molecule has 0 spiro atoms. The van der Waals surface area contributed by atoms with Crippen molar-refractivity contribution in [3.8, 4) is 0 Å². The second kappa shape index (κ2) is 7.38. The van der Waals surface area contributed by atoms with Gasteiger partial charge in [0.1, 0.15) is 5.82 Å². The Bertz CT molecular complexity index is 868. The second-order valence-corrected chi connectivity index (χ2v) is 6.53. The first kappa shape index (κ1) is 17.0. The topological polar surface area (TPSA) is 59.0 Å². The summed E-state index contributed by atoms with van der Waals surface area (Å²) in [4.78, 5) is 16.7. The third kappa shape index (κ3) is 3.99. The minimum absolute atomic E-state index is 0.173. The van der Waals surface area contributed by atoms with Crippen LogP contribution in [-0.2, 0) is 20.1 Å². The Hall–Kier alpha value is -2.82. The summed E-state index contributed by atoms with van der Waals surface area (Å²) in [6.07, 6.45) is 0. The molecule has 5 heteroatoms. The van der Waals surface area contributed by atoms with Crippen LogP contribution in [0.5, 0.6) is 0 Å². The van der Waals surface area contributed by atoms with Crippen molar-refractivity contribution in [1.82, 2.24) is 20.2 Å². The number of amides is 2. The van der Waals surface area contributed by atoms with Crippen molar-refractivity contribution < 1.29 is 4.79 Å². The van der Waals surface area contributed by atoms with Gasteiger partial charge in [0, 0.05) is 26.1 Å². The molecule has 0 aliphatic heterocycles. The largest absolute Gasteiger partial charge is 0.334 e. The van der Waals surface area contributed by atoms with Crippen molar-refractivity contribution >= 4 is 17.1 Å². The van der Waals surface area contributed by atoms with Gasteiger partial charge in [0.15, 0.2) is 0 Å². The maximum absolute atomic E-state index is 12.0. The number of urea groups is 1. The van der Waals surface area contributed by atoms with E-state index >= 15 is 0 Å². The van der Waals surface area contributed by atoms with Gasteiger partial charge >= 0.3 is 6.03 Å². The first-order valence-electron chi connectivity index (χ1n) is 8.55. The van der Waals surface area contributed by atoms with E-state index < -0.39 is 0 Å². The van der Waals surface area contributed by atoms with Gasteiger partial charge in [0.2, 0.25) is 0 Å². The van der Waals surface area contributed by atoms with E-state index in [9.17, 15) is 4.79 Å². The monoisotopic (exact) mass is 336 g/mol. The molecule has 1 heterocycles. The highest BCUT2D eigenvalue weighted by atomic mass is 16.2. The van der Waals surface area contributed by atoms with E-state index in [-0.39, 0.29) is 6.03 Å². The maximum atomic E-state index is 12.0. The first-order valence-corrected chi connectivity index (χ1v) is 8.55. The molecule has 0 saturated carbocycles. The smallest absolute Gasteiger partial charge is 0.315 e. The summed E-state index contributed by atoms with van der Waals surface area (Å²) in [6.45, 7) is 5.27. The van der Waals surface area contributed by atoms with Gasteiger partial charge in [-0.3, -0.25) is 0 Å². The Morgan fingerprint density at radius 2 is 1.72 bits per heavy atom. The molecule has 0 saturated heterocycles. The van der Waals surface area contributed by atoms with E-state index in [1.54, 1.807) is 0 Å². The molecule has 0 radical (unpaired) electrons. The predicted octanol–water partition coefficient (Wildman–Crippen LogP) is 3.70. The minimum atomic E-state index is -0.173. The Kier molecular flexibility index (Phi) is 5.03. The molecule has 0 unspecified atom stereocenters. The number of benzene rings is 2. The third-order valence-electron chi connectivity index (χ3n) is 4.25. The van der Waals surface area contributed by atoms with E-state index in [1.165, 1.54) is 0 Å². The molecule has 3 rings (SSSR count). The summed E-state index contributed by atoms with van der Waals surface area (Å²) >= 11 is 0. The molecule has 2 amide bonds. The molecule has 1 aromatic heterocycles. The van der Waals surface area contributed by atoms with Gasteiger partial charge in [-0.2, -0.15) is 0 Å².